The predicted molar refractivity (Wildman–Crippen MR) is 87.3 cm³/mol. The van der Waals surface area contributed by atoms with E-state index in [1.54, 1.807) is 0 Å². The Morgan fingerprint density at radius 1 is 0.636 bits per heavy atom. The molecule has 0 bridgehead atoms. The van der Waals surface area contributed by atoms with E-state index in [2.05, 4.69) is 4.18 Å². The van der Waals surface area contributed by atoms with E-state index in [0.29, 0.717) is 24.3 Å². The highest BCUT2D eigenvalue weighted by atomic mass is 32.2. The first-order chi connectivity index (χ1) is 14.6. The second-order valence-electron chi connectivity index (χ2n) is 6.30. The van der Waals surface area contributed by atoms with Gasteiger partial charge in [-0.2, -0.15) is 61.1 Å². The zero-order valence-corrected chi connectivity index (χ0v) is 16.1. The van der Waals surface area contributed by atoms with Crippen molar-refractivity contribution in [3.63, 3.8) is 0 Å². The van der Waals surface area contributed by atoms with Crippen molar-refractivity contribution >= 4 is 10.1 Å². The third-order valence-corrected chi connectivity index (χ3v) is 5.31. The van der Waals surface area contributed by atoms with E-state index in [4.69, 9.17) is 0 Å². The molecule has 2 rings (SSSR count). The highest BCUT2D eigenvalue weighted by Gasteiger charge is 2.86. The number of hydrogen-bond acceptors (Lipinski definition) is 3. The quantitative estimate of drug-likeness (QED) is 0.323. The van der Waals surface area contributed by atoms with Crippen LogP contribution in [0.5, 0.6) is 5.75 Å². The molecule has 0 aliphatic heterocycles. The van der Waals surface area contributed by atoms with Crippen molar-refractivity contribution in [3.05, 3.63) is 54.1 Å². The van der Waals surface area contributed by atoms with Crippen molar-refractivity contribution < 1.29 is 65.3 Å². The second-order valence-corrected chi connectivity index (χ2v) is 7.89. The van der Waals surface area contributed by atoms with E-state index in [-0.39, 0.29) is 11.1 Å². The topological polar surface area (TPSA) is 43.4 Å². The van der Waals surface area contributed by atoms with Crippen LogP contribution < -0.4 is 4.18 Å². The van der Waals surface area contributed by atoms with Crippen LogP contribution >= 0.6 is 0 Å². The first-order valence-corrected chi connectivity index (χ1v) is 9.48. The molecule has 16 heteroatoms. The summed E-state index contributed by atoms with van der Waals surface area (Å²) in [6.45, 7) is 0. The summed E-state index contributed by atoms with van der Waals surface area (Å²) in [6, 6.07) is 6.06. The molecule has 33 heavy (non-hydrogen) atoms. The van der Waals surface area contributed by atoms with Gasteiger partial charge in [-0.3, -0.25) is 0 Å². The highest BCUT2D eigenvalue weighted by Crippen LogP contribution is 2.55. The van der Waals surface area contributed by atoms with Gasteiger partial charge in [0, 0.05) is 0 Å². The van der Waals surface area contributed by atoms with Crippen molar-refractivity contribution in [2.45, 2.75) is 29.5 Å². The summed E-state index contributed by atoms with van der Waals surface area (Å²) < 4.78 is 181. The summed E-state index contributed by atoms with van der Waals surface area (Å²) in [5.74, 6) is -16.1. The van der Waals surface area contributed by atoms with Gasteiger partial charge < -0.3 is 4.18 Å². The van der Waals surface area contributed by atoms with Gasteiger partial charge in [-0.25, -0.2) is 0 Å². The molecule has 2 aromatic carbocycles. The second kappa shape index (κ2) is 7.99. The molecule has 2 aromatic rings. The molecule has 0 aromatic heterocycles. The summed E-state index contributed by atoms with van der Waals surface area (Å²) in [4.78, 5) is 0. The molecule has 0 aliphatic carbocycles. The first-order valence-electron chi connectivity index (χ1n) is 8.07. The van der Waals surface area contributed by atoms with Gasteiger partial charge in [0.25, 0.3) is 0 Å². The van der Waals surface area contributed by atoms with E-state index in [0.717, 1.165) is 24.3 Å². The monoisotopic (exact) mass is 520 g/mol. The Balaban J connectivity index is 2.36. The maximum atomic E-state index is 13.6. The van der Waals surface area contributed by atoms with E-state index in [9.17, 15) is 61.1 Å². The predicted octanol–water partition coefficient (Wildman–Crippen LogP) is 6.51. The van der Waals surface area contributed by atoms with Crippen LogP contribution in [0, 0.1) is 0 Å². The molecule has 0 heterocycles. The smallest absolute Gasteiger partial charge is 0.378 e. The van der Waals surface area contributed by atoms with Crippen LogP contribution in [-0.4, -0.2) is 31.7 Å². The summed E-state index contributed by atoms with van der Waals surface area (Å²) in [7, 11) is -7.13. The number of benzene rings is 2. The van der Waals surface area contributed by atoms with Crippen LogP contribution in [0.4, 0.5) is 52.7 Å². The zero-order valence-electron chi connectivity index (χ0n) is 15.3. The molecule has 0 atom stereocenters. The van der Waals surface area contributed by atoms with Crippen molar-refractivity contribution in [1.82, 2.24) is 0 Å². The van der Waals surface area contributed by atoms with Gasteiger partial charge in [-0.15, -0.1) is 0 Å². The van der Waals surface area contributed by atoms with Crippen LogP contribution in [0.2, 0.25) is 0 Å². The molecule has 0 fully saturated rings. The lowest BCUT2D eigenvalue weighted by atomic mass is 10.0. The van der Waals surface area contributed by atoms with Crippen molar-refractivity contribution in [2.75, 3.05) is 0 Å². The molecule has 0 aliphatic rings. The number of alkyl halides is 12. The summed E-state index contributed by atoms with van der Waals surface area (Å²) in [5, 5.41) is -7.04. The fraction of sp³-hybridized carbons (Fsp3) is 0.294. The van der Waals surface area contributed by atoms with Crippen molar-refractivity contribution in [3.8, 4) is 16.9 Å². The molecule has 0 saturated heterocycles. The van der Waals surface area contributed by atoms with Crippen LogP contribution in [0.1, 0.15) is 5.56 Å². The van der Waals surface area contributed by atoms with Crippen molar-refractivity contribution in [2.24, 2.45) is 0 Å². The lowest BCUT2D eigenvalue weighted by molar-refractivity contribution is -0.382. The maximum absolute atomic E-state index is 13.6. The average Bonchev–Trinajstić information content (AvgIpc) is 2.66. The zero-order chi connectivity index (χ0) is 25.7. The fourth-order valence-corrected chi connectivity index (χ4v) is 3.19. The Hall–Kier alpha value is -2.65. The molecular weight excluding hydrogens is 512 g/mol. The Labute approximate surface area is 176 Å². The molecule has 0 amide bonds. The van der Waals surface area contributed by atoms with E-state index < -0.39 is 50.9 Å². The lowest BCUT2D eigenvalue weighted by Crippen LogP contribution is -2.63. The molecule has 0 spiro atoms. The van der Waals surface area contributed by atoms with Gasteiger partial charge in [-0.1, -0.05) is 24.3 Å². The molecule has 3 nitrogen and oxygen atoms in total. The van der Waals surface area contributed by atoms with Gasteiger partial charge in [0.2, 0.25) is 0 Å². The minimum Gasteiger partial charge on any atom is -0.378 e. The molecule has 0 radical (unpaired) electrons. The normalized spacial score (nSPS) is 14.3. The summed E-state index contributed by atoms with van der Waals surface area (Å²) >= 11 is 0. The largest absolute Gasteiger partial charge is 0.460 e. The van der Waals surface area contributed by atoms with Gasteiger partial charge in [0.1, 0.15) is 5.75 Å². The molecule has 0 N–H and O–H groups in total. The standard InChI is InChI=1S/C17H8F12O3S/c18-13(19,20)11-3-1-2-10(8-11)9-4-6-12(7-5-9)32-33(30,31)17(28,29)15(23,24)14(21,22)16(25,26)27/h1-8H. The van der Waals surface area contributed by atoms with Crippen LogP contribution in [-0.2, 0) is 16.3 Å². The third-order valence-electron chi connectivity index (χ3n) is 4.01. The number of halogens is 12. The van der Waals surface area contributed by atoms with Gasteiger partial charge in [0.15, 0.2) is 0 Å². The Morgan fingerprint density at radius 3 is 1.61 bits per heavy atom. The first kappa shape index (κ1) is 26.6. The van der Waals surface area contributed by atoms with E-state index >= 15 is 0 Å². The molecule has 0 saturated carbocycles. The van der Waals surface area contributed by atoms with E-state index in [1.807, 2.05) is 0 Å². The summed E-state index contributed by atoms with van der Waals surface area (Å²) in [5.41, 5.74) is -1.28. The summed E-state index contributed by atoms with van der Waals surface area (Å²) in [6.07, 6.45) is -12.0. The van der Waals surface area contributed by atoms with Crippen LogP contribution in [0.15, 0.2) is 48.5 Å². The van der Waals surface area contributed by atoms with E-state index in [1.165, 1.54) is 0 Å². The molecular formula is C17H8F12O3S. The van der Waals surface area contributed by atoms with Gasteiger partial charge >= 0.3 is 39.6 Å². The highest BCUT2D eigenvalue weighted by molar-refractivity contribution is 7.88. The minimum atomic E-state index is -7.46. The third kappa shape index (κ3) is 4.70. The number of hydrogen-bond donors (Lipinski definition) is 0. The van der Waals surface area contributed by atoms with Crippen LogP contribution in [0.3, 0.4) is 0 Å². The Kier molecular flexibility index (Phi) is 6.44. The average molecular weight is 520 g/mol. The van der Waals surface area contributed by atoms with Crippen LogP contribution in [0.25, 0.3) is 11.1 Å². The Morgan fingerprint density at radius 2 is 1.15 bits per heavy atom. The van der Waals surface area contributed by atoms with Crippen molar-refractivity contribution in [1.29, 1.82) is 0 Å². The molecule has 0 unspecified atom stereocenters. The minimum absolute atomic E-state index is 0.0773. The maximum Gasteiger partial charge on any atom is 0.460 e. The number of rotatable bonds is 6. The van der Waals surface area contributed by atoms with Gasteiger partial charge in [-0.05, 0) is 35.4 Å². The molecule has 184 valence electrons. The SMILES string of the molecule is O=S(=O)(Oc1ccc(-c2cccc(C(F)(F)F)c2)cc1)C(F)(F)C(F)(F)C(F)(F)C(F)(F)F. The fourth-order valence-electron chi connectivity index (χ4n) is 2.27. The Bertz CT molecular complexity index is 1100. The van der Waals surface area contributed by atoms with Gasteiger partial charge in [0.05, 0.1) is 5.56 Å². The lowest BCUT2D eigenvalue weighted by Gasteiger charge is -2.32.